The molecule has 18 N–H and O–H groups in total. The summed E-state index contributed by atoms with van der Waals surface area (Å²) in [6, 6.07) is 9.11. The maximum Gasteiger partial charge on any atom is 0.320 e. The largest absolute Gasteiger partial charge is 0.508 e. The molecule has 0 saturated carbocycles. The fourth-order valence-electron chi connectivity index (χ4n) is 5.14. The van der Waals surface area contributed by atoms with E-state index in [-0.39, 0.29) is 37.0 Å². The van der Waals surface area contributed by atoms with Crippen molar-refractivity contribution in [3.63, 3.8) is 0 Å². The minimum atomic E-state index is -1.17. The standard InChI is InChI=1S/C18H28N2O.C9H11NO3.C6H14N2O2.C5H9NO4.C3H7NO2.C2H4O2/c1-4-5-12-20-13-7-6-11-16(20)18(21)19-17-14(2)9-8-10-15(17)3;10-8(9(12)13)5-6-1-3-7(11)4-2-6;7-4-2-1-3-5(8)6(9)10;6-3(5(9)10)1-2-4(7)8;1-2(4)3(5)6;1-2(3)4/h8-10,16H,4-7,11-13H2,1-3H3,(H,19,21);1-4,8,11H,5,10H2,(H,12,13);5H,1-4,7-8H2,(H,9,10);3H,1-2,6H2,(H,7,8)(H,9,10);2H,4H2,1H3,(H,5,6);1H3,(H,3,4)/t;8-;5-;3-;2-;/m.0000./s1. The lowest BCUT2D eigenvalue weighted by molar-refractivity contribution is -0.141. The quantitative estimate of drug-likeness (QED) is 0.0955. The molecule has 1 aliphatic rings. The van der Waals surface area contributed by atoms with Crippen LogP contribution < -0.4 is 34.0 Å². The number of aryl methyl sites for hydroxylation is 2. The first-order chi connectivity index (χ1) is 29.8. The van der Waals surface area contributed by atoms with Gasteiger partial charge in [-0.05, 0) is 114 Å². The van der Waals surface area contributed by atoms with Crippen LogP contribution in [0.3, 0.4) is 0 Å². The molecule has 0 radical (unpaired) electrons. The number of benzene rings is 2. The second-order valence-electron chi connectivity index (χ2n) is 14.7. The third-order valence-electron chi connectivity index (χ3n) is 8.82. The lowest BCUT2D eigenvalue weighted by Gasteiger charge is -2.34. The smallest absolute Gasteiger partial charge is 0.320 e. The van der Waals surface area contributed by atoms with Gasteiger partial charge < -0.3 is 69.7 Å². The van der Waals surface area contributed by atoms with Crippen molar-refractivity contribution < 1.29 is 69.3 Å². The average Bonchev–Trinajstić information content (AvgIpc) is 3.22. The Hall–Kier alpha value is -5.71. The van der Waals surface area contributed by atoms with E-state index in [0.717, 1.165) is 68.1 Å². The highest BCUT2D eigenvalue weighted by Crippen LogP contribution is 2.23. The molecule has 2 aromatic carbocycles. The number of phenols is 1. The zero-order valence-electron chi connectivity index (χ0n) is 37.6. The monoisotopic (exact) mass is 912 g/mol. The van der Waals surface area contributed by atoms with Crippen molar-refractivity contribution in [3.8, 4) is 5.75 Å². The molecule has 0 bridgehead atoms. The number of anilines is 1. The number of hydrogen-bond donors (Lipinski definition) is 13. The molecule has 0 spiro atoms. The molecular weight excluding hydrogens is 839 g/mol. The number of hydrogen-bond acceptors (Lipinski definition) is 14. The number of aliphatic carboxylic acids is 6. The van der Waals surface area contributed by atoms with E-state index < -0.39 is 60.0 Å². The predicted molar refractivity (Wildman–Crippen MR) is 242 cm³/mol. The van der Waals surface area contributed by atoms with Crippen molar-refractivity contribution in [1.29, 1.82) is 0 Å². The Kier molecular flexibility index (Phi) is 35.9. The summed E-state index contributed by atoms with van der Waals surface area (Å²) in [7, 11) is 0. The first-order valence-corrected chi connectivity index (χ1v) is 20.8. The van der Waals surface area contributed by atoms with Gasteiger partial charge in [0.1, 0.15) is 29.9 Å². The summed E-state index contributed by atoms with van der Waals surface area (Å²) in [5.41, 5.74) is 29.6. The molecular formula is C43H73N7O14. The number of aromatic hydroxyl groups is 1. The topological polar surface area (TPSA) is 406 Å². The van der Waals surface area contributed by atoms with Gasteiger partial charge in [0.05, 0.1) is 6.04 Å². The number of nitrogens with two attached hydrogens (primary N) is 5. The minimum Gasteiger partial charge on any atom is -0.508 e. The Morgan fingerprint density at radius 2 is 1.22 bits per heavy atom. The summed E-state index contributed by atoms with van der Waals surface area (Å²) in [5, 5.41) is 60.5. The number of carboxylic acid groups (broad SMARTS) is 6. The third kappa shape index (κ3) is 33.9. The average molecular weight is 912 g/mol. The van der Waals surface area contributed by atoms with Crippen molar-refractivity contribution in [1.82, 2.24) is 4.90 Å². The number of carbonyl (C=O) groups is 7. The van der Waals surface area contributed by atoms with Crippen molar-refractivity contribution in [2.24, 2.45) is 28.7 Å². The third-order valence-corrected chi connectivity index (χ3v) is 8.82. The van der Waals surface area contributed by atoms with Gasteiger partial charge in [0.25, 0.3) is 5.97 Å². The van der Waals surface area contributed by atoms with Gasteiger partial charge in [0.15, 0.2) is 0 Å². The molecule has 1 saturated heterocycles. The van der Waals surface area contributed by atoms with Gasteiger partial charge in [-0.25, -0.2) is 0 Å². The molecule has 21 heteroatoms. The number of unbranched alkanes of at least 4 members (excludes halogenated alkanes) is 2. The maximum atomic E-state index is 12.7. The van der Waals surface area contributed by atoms with E-state index in [1.165, 1.54) is 38.3 Å². The number of rotatable bonds is 18. The minimum absolute atomic E-state index is 0.0231. The zero-order valence-corrected chi connectivity index (χ0v) is 37.6. The second-order valence-corrected chi connectivity index (χ2v) is 14.7. The first-order valence-electron chi connectivity index (χ1n) is 20.8. The Bertz CT molecular complexity index is 1650. The molecule has 5 atom stereocenters. The van der Waals surface area contributed by atoms with Crippen LogP contribution in [-0.2, 0) is 40.0 Å². The molecule has 64 heavy (non-hydrogen) atoms. The second kappa shape index (κ2) is 36.7. The van der Waals surface area contributed by atoms with Crippen LogP contribution in [0, 0.1) is 13.8 Å². The highest BCUT2D eigenvalue weighted by Gasteiger charge is 2.28. The number of nitrogens with zero attached hydrogens (tertiary/aromatic N) is 1. The van der Waals surface area contributed by atoms with Gasteiger partial charge in [0.2, 0.25) is 5.91 Å². The summed E-state index contributed by atoms with van der Waals surface area (Å²) in [5.74, 6) is -5.62. The van der Waals surface area contributed by atoms with Gasteiger partial charge in [0, 0.05) is 19.0 Å². The molecule has 364 valence electrons. The zero-order chi connectivity index (χ0) is 49.9. The number of amides is 1. The van der Waals surface area contributed by atoms with Crippen LogP contribution in [0.5, 0.6) is 5.75 Å². The highest BCUT2D eigenvalue weighted by atomic mass is 16.4. The van der Waals surface area contributed by atoms with Crippen LogP contribution in [-0.4, -0.2) is 132 Å². The van der Waals surface area contributed by atoms with Gasteiger partial charge >= 0.3 is 29.8 Å². The first kappa shape index (κ1) is 62.6. The molecule has 1 unspecified atom stereocenters. The van der Waals surface area contributed by atoms with Crippen LogP contribution in [0.25, 0.3) is 0 Å². The lowest BCUT2D eigenvalue weighted by Crippen LogP contribution is -2.47. The van der Waals surface area contributed by atoms with E-state index >= 15 is 0 Å². The van der Waals surface area contributed by atoms with E-state index in [1.54, 1.807) is 12.1 Å². The molecule has 0 aliphatic carbocycles. The van der Waals surface area contributed by atoms with Crippen LogP contribution in [0.2, 0.25) is 0 Å². The normalized spacial score (nSPS) is 14.6. The van der Waals surface area contributed by atoms with E-state index in [4.69, 9.17) is 69.2 Å². The van der Waals surface area contributed by atoms with E-state index in [2.05, 4.69) is 43.1 Å². The van der Waals surface area contributed by atoms with Gasteiger partial charge in [-0.1, -0.05) is 56.5 Å². The maximum absolute atomic E-state index is 12.7. The van der Waals surface area contributed by atoms with Crippen LogP contribution in [0.15, 0.2) is 42.5 Å². The van der Waals surface area contributed by atoms with Gasteiger partial charge in [-0.2, -0.15) is 0 Å². The van der Waals surface area contributed by atoms with Gasteiger partial charge in [-0.15, -0.1) is 0 Å². The number of likely N-dealkylation sites (tertiary alicyclic amines) is 1. The number of carbonyl (C=O) groups excluding carboxylic acids is 1. The Balaban J connectivity index is -0.000000754. The number of phenolic OH excluding ortho intramolecular Hbond substituents is 1. The van der Waals surface area contributed by atoms with Gasteiger partial charge in [-0.3, -0.25) is 38.5 Å². The number of nitrogens with one attached hydrogen (secondary N) is 1. The van der Waals surface area contributed by atoms with E-state index in [0.29, 0.717) is 13.0 Å². The van der Waals surface area contributed by atoms with Crippen LogP contribution in [0.1, 0.15) is 102 Å². The number of para-hydroxylation sites is 1. The highest BCUT2D eigenvalue weighted by molar-refractivity contribution is 5.96. The Labute approximate surface area is 375 Å². The Morgan fingerprint density at radius 3 is 1.64 bits per heavy atom. The summed E-state index contributed by atoms with van der Waals surface area (Å²) in [6.07, 6.45) is 7.94. The SMILES string of the molecule is CC(=O)O.CCCCN1CCCCC1C(=O)Nc1c(C)cccc1C.C[C@H](N)C(=O)O.NCCCC[C@H](N)C(=O)O.N[C@@H](CCC(=O)O)C(=O)O.N[C@@H](Cc1ccc(O)cc1)C(=O)O. The predicted octanol–water partition coefficient (Wildman–Crippen LogP) is 2.54. The summed E-state index contributed by atoms with van der Waals surface area (Å²) in [6.45, 7) is 11.5. The van der Waals surface area contributed by atoms with Crippen molar-refractivity contribution in [3.05, 3.63) is 59.2 Å². The van der Waals surface area contributed by atoms with Crippen LogP contribution >= 0.6 is 0 Å². The van der Waals surface area contributed by atoms with Crippen molar-refractivity contribution in [2.45, 2.75) is 135 Å². The molecule has 3 rings (SSSR count). The number of piperidine rings is 1. The van der Waals surface area contributed by atoms with E-state index in [9.17, 15) is 28.8 Å². The molecule has 2 aromatic rings. The summed E-state index contributed by atoms with van der Waals surface area (Å²) >= 11 is 0. The summed E-state index contributed by atoms with van der Waals surface area (Å²) < 4.78 is 0. The lowest BCUT2D eigenvalue weighted by atomic mass is 10.00. The molecule has 0 aromatic heterocycles. The fraction of sp³-hybridized carbons (Fsp3) is 0.558. The van der Waals surface area contributed by atoms with Crippen molar-refractivity contribution in [2.75, 3.05) is 25.0 Å². The fourth-order valence-corrected chi connectivity index (χ4v) is 5.14. The molecule has 1 amide bonds. The Morgan fingerprint density at radius 1 is 0.734 bits per heavy atom. The summed E-state index contributed by atoms with van der Waals surface area (Å²) in [4.78, 5) is 74.0. The van der Waals surface area contributed by atoms with Crippen molar-refractivity contribution >= 4 is 47.4 Å². The van der Waals surface area contributed by atoms with Crippen LogP contribution in [0.4, 0.5) is 5.69 Å². The molecule has 1 aliphatic heterocycles. The number of carboxylic acids is 6. The molecule has 1 heterocycles. The van der Waals surface area contributed by atoms with E-state index in [1.807, 2.05) is 6.07 Å². The molecule has 21 nitrogen and oxygen atoms in total. The molecule has 1 fully saturated rings.